The van der Waals surface area contributed by atoms with Gasteiger partial charge in [0.05, 0.1) is 13.1 Å². The molecule has 27 heavy (non-hydrogen) atoms. The van der Waals surface area contributed by atoms with Gasteiger partial charge >= 0.3 is 0 Å². The Bertz CT molecular complexity index is 789. The van der Waals surface area contributed by atoms with Gasteiger partial charge in [0.15, 0.2) is 0 Å². The number of rotatable bonds is 7. The molecule has 0 heterocycles. The lowest BCUT2D eigenvalue weighted by Gasteiger charge is -2.16. The lowest BCUT2D eigenvalue weighted by atomic mass is 10.2. The van der Waals surface area contributed by atoms with Crippen LogP contribution in [-0.4, -0.2) is 61.8 Å². The molecule has 7 heteroatoms. The molecule has 0 bridgehead atoms. The minimum Gasteiger partial charge on any atom is -0.345 e. The van der Waals surface area contributed by atoms with Crippen LogP contribution in [0.25, 0.3) is 0 Å². The Hall–Kier alpha value is -3.19. The molecule has 0 aromatic heterocycles. The SMILES string of the molecule is CN(CC(=O)Nc1ccccc1)CC(=O)Nc1ccc(C(=O)N(C)C)cc1. The molecule has 0 saturated carbocycles. The molecule has 142 valence electrons. The van der Waals surface area contributed by atoms with Crippen molar-refractivity contribution < 1.29 is 14.4 Å². The molecule has 0 spiro atoms. The van der Waals surface area contributed by atoms with Gasteiger partial charge in [0.1, 0.15) is 0 Å². The molecule has 0 radical (unpaired) electrons. The molecule has 0 aliphatic carbocycles. The van der Waals surface area contributed by atoms with Gasteiger partial charge < -0.3 is 15.5 Å². The molecule has 2 rings (SSSR count). The number of carbonyl (C=O) groups excluding carboxylic acids is 3. The van der Waals surface area contributed by atoms with Crippen LogP contribution in [0.1, 0.15) is 10.4 Å². The normalized spacial score (nSPS) is 10.4. The summed E-state index contributed by atoms with van der Waals surface area (Å²) in [7, 11) is 5.06. The van der Waals surface area contributed by atoms with Crippen LogP contribution in [0.2, 0.25) is 0 Å². The average Bonchev–Trinajstić information content (AvgIpc) is 2.62. The van der Waals surface area contributed by atoms with E-state index >= 15 is 0 Å². The topological polar surface area (TPSA) is 81.8 Å². The first-order valence-electron chi connectivity index (χ1n) is 8.50. The van der Waals surface area contributed by atoms with E-state index in [-0.39, 0.29) is 30.8 Å². The zero-order valence-electron chi connectivity index (χ0n) is 15.7. The molecule has 0 aliphatic heterocycles. The van der Waals surface area contributed by atoms with Crippen LogP contribution in [0.15, 0.2) is 54.6 Å². The highest BCUT2D eigenvalue weighted by molar-refractivity contribution is 5.96. The minimum atomic E-state index is -0.239. The molecule has 2 aromatic rings. The van der Waals surface area contributed by atoms with Crippen LogP contribution < -0.4 is 10.6 Å². The summed E-state index contributed by atoms with van der Waals surface area (Å²) in [5.74, 6) is -0.531. The third-order valence-corrected chi connectivity index (χ3v) is 3.71. The van der Waals surface area contributed by atoms with Gasteiger partial charge in [0.25, 0.3) is 5.91 Å². The zero-order valence-corrected chi connectivity index (χ0v) is 15.7. The summed E-state index contributed by atoms with van der Waals surface area (Å²) >= 11 is 0. The smallest absolute Gasteiger partial charge is 0.253 e. The van der Waals surface area contributed by atoms with E-state index < -0.39 is 0 Å². The number of hydrogen-bond acceptors (Lipinski definition) is 4. The van der Waals surface area contributed by atoms with E-state index in [1.165, 1.54) is 4.90 Å². The number of nitrogens with zero attached hydrogens (tertiary/aromatic N) is 2. The zero-order chi connectivity index (χ0) is 19.8. The van der Waals surface area contributed by atoms with Crippen molar-refractivity contribution in [2.24, 2.45) is 0 Å². The van der Waals surface area contributed by atoms with Crippen molar-refractivity contribution >= 4 is 29.1 Å². The molecule has 3 amide bonds. The third-order valence-electron chi connectivity index (χ3n) is 3.71. The largest absolute Gasteiger partial charge is 0.345 e. The van der Waals surface area contributed by atoms with Gasteiger partial charge in [-0.2, -0.15) is 0 Å². The van der Waals surface area contributed by atoms with E-state index in [2.05, 4.69) is 10.6 Å². The van der Waals surface area contributed by atoms with Crippen molar-refractivity contribution in [2.75, 3.05) is 44.9 Å². The minimum absolute atomic E-state index is 0.0700. The van der Waals surface area contributed by atoms with Gasteiger partial charge in [-0.25, -0.2) is 0 Å². The quantitative estimate of drug-likeness (QED) is 0.782. The summed E-state index contributed by atoms with van der Waals surface area (Å²) in [6, 6.07) is 15.8. The van der Waals surface area contributed by atoms with Crippen LogP contribution in [0.4, 0.5) is 11.4 Å². The number of anilines is 2. The Balaban J connectivity index is 1.80. The molecule has 7 nitrogen and oxygen atoms in total. The lowest BCUT2D eigenvalue weighted by molar-refractivity contribution is -0.119. The maximum atomic E-state index is 12.1. The summed E-state index contributed by atoms with van der Waals surface area (Å²) in [6.45, 7) is 0.166. The Morgan fingerprint density at radius 2 is 1.22 bits per heavy atom. The first-order chi connectivity index (χ1) is 12.8. The van der Waals surface area contributed by atoms with Gasteiger partial charge in [-0.3, -0.25) is 19.3 Å². The highest BCUT2D eigenvalue weighted by Crippen LogP contribution is 2.11. The molecule has 2 aromatic carbocycles. The number of amides is 3. The highest BCUT2D eigenvalue weighted by atomic mass is 16.2. The molecule has 2 N–H and O–H groups in total. The van der Waals surface area contributed by atoms with Gasteiger partial charge in [-0.1, -0.05) is 18.2 Å². The van der Waals surface area contributed by atoms with Crippen molar-refractivity contribution in [3.05, 3.63) is 60.2 Å². The highest BCUT2D eigenvalue weighted by Gasteiger charge is 2.12. The van der Waals surface area contributed by atoms with Crippen molar-refractivity contribution in [3.8, 4) is 0 Å². The predicted octanol–water partition coefficient (Wildman–Crippen LogP) is 1.90. The summed E-state index contributed by atoms with van der Waals surface area (Å²) in [6.07, 6.45) is 0. The molecule has 0 saturated heterocycles. The second-order valence-corrected chi connectivity index (χ2v) is 6.41. The standard InChI is InChI=1S/C20H24N4O3/c1-23(2)20(27)15-9-11-17(12-10-15)22-19(26)14-24(3)13-18(25)21-16-7-5-4-6-8-16/h4-12H,13-14H2,1-3H3,(H,21,25)(H,22,26). The predicted molar refractivity (Wildman–Crippen MR) is 106 cm³/mol. The fourth-order valence-corrected chi connectivity index (χ4v) is 2.42. The number of benzene rings is 2. The van der Waals surface area contributed by atoms with Crippen LogP contribution in [0.3, 0.4) is 0 Å². The average molecular weight is 368 g/mol. The van der Waals surface area contributed by atoms with Crippen LogP contribution in [0.5, 0.6) is 0 Å². The third kappa shape index (κ3) is 6.56. The van der Waals surface area contributed by atoms with Crippen molar-refractivity contribution in [1.82, 2.24) is 9.80 Å². The molecular formula is C20H24N4O3. The van der Waals surface area contributed by atoms with E-state index in [0.717, 1.165) is 0 Å². The Kier molecular flexibility index (Phi) is 7.08. The summed E-state index contributed by atoms with van der Waals surface area (Å²) in [5.41, 5.74) is 1.86. The number of nitrogens with one attached hydrogen (secondary N) is 2. The Labute approximate surface area is 159 Å². The number of likely N-dealkylation sites (N-methyl/N-ethyl adjacent to an activating group) is 1. The van der Waals surface area contributed by atoms with Gasteiger partial charge in [0.2, 0.25) is 11.8 Å². The van der Waals surface area contributed by atoms with Crippen molar-refractivity contribution in [3.63, 3.8) is 0 Å². The monoisotopic (exact) mass is 368 g/mol. The summed E-state index contributed by atoms with van der Waals surface area (Å²) in [4.78, 5) is 39.1. The fourth-order valence-electron chi connectivity index (χ4n) is 2.42. The van der Waals surface area contributed by atoms with Gasteiger partial charge in [-0.15, -0.1) is 0 Å². The van der Waals surface area contributed by atoms with Crippen molar-refractivity contribution in [2.45, 2.75) is 0 Å². The van der Waals surface area contributed by atoms with E-state index in [9.17, 15) is 14.4 Å². The molecule has 0 fully saturated rings. The van der Waals surface area contributed by atoms with E-state index in [4.69, 9.17) is 0 Å². The first-order valence-corrected chi connectivity index (χ1v) is 8.50. The summed E-state index contributed by atoms with van der Waals surface area (Å²) in [5, 5.41) is 5.53. The summed E-state index contributed by atoms with van der Waals surface area (Å²) < 4.78 is 0. The molecule has 0 aliphatic rings. The van der Waals surface area contributed by atoms with E-state index in [1.54, 1.807) is 62.4 Å². The van der Waals surface area contributed by atoms with Gasteiger partial charge in [0, 0.05) is 31.0 Å². The molecular weight excluding hydrogens is 344 g/mol. The maximum absolute atomic E-state index is 12.1. The lowest BCUT2D eigenvalue weighted by Crippen LogP contribution is -2.36. The van der Waals surface area contributed by atoms with Crippen LogP contribution in [0, 0.1) is 0 Å². The van der Waals surface area contributed by atoms with E-state index in [0.29, 0.717) is 16.9 Å². The number of hydrogen-bond donors (Lipinski definition) is 2. The Morgan fingerprint density at radius 1 is 0.741 bits per heavy atom. The fraction of sp³-hybridized carbons (Fsp3) is 0.250. The Morgan fingerprint density at radius 3 is 1.70 bits per heavy atom. The molecule has 0 unspecified atom stereocenters. The second kappa shape index (κ2) is 9.49. The van der Waals surface area contributed by atoms with Gasteiger partial charge in [-0.05, 0) is 43.4 Å². The first kappa shape index (κ1) is 20.1. The van der Waals surface area contributed by atoms with E-state index in [1.807, 2.05) is 18.2 Å². The molecule has 0 atom stereocenters. The maximum Gasteiger partial charge on any atom is 0.253 e. The second-order valence-electron chi connectivity index (χ2n) is 6.41. The number of carbonyl (C=O) groups is 3. The van der Waals surface area contributed by atoms with Crippen LogP contribution >= 0.6 is 0 Å². The van der Waals surface area contributed by atoms with Crippen LogP contribution in [-0.2, 0) is 9.59 Å². The van der Waals surface area contributed by atoms with Crippen molar-refractivity contribution in [1.29, 1.82) is 0 Å². The number of para-hydroxylation sites is 1.